The van der Waals surface area contributed by atoms with Gasteiger partial charge in [0.1, 0.15) is 12.4 Å². The van der Waals surface area contributed by atoms with Crippen molar-refractivity contribution in [1.82, 2.24) is 9.66 Å². The zero-order chi connectivity index (χ0) is 25.8. The molecule has 4 aromatic rings. The predicted molar refractivity (Wildman–Crippen MR) is 154 cm³/mol. The molecule has 0 saturated heterocycles. The van der Waals surface area contributed by atoms with Crippen LogP contribution in [0, 0.1) is 0 Å². The van der Waals surface area contributed by atoms with Gasteiger partial charge >= 0.3 is 0 Å². The fourth-order valence-corrected chi connectivity index (χ4v) is 5.65. The number of rotatable bonds is 7. The van der Waals surface area contributed by atoms with Gasteiger partial charge < -0.3 is 9.47 Å². The summed E-state index contributed by atoms with van der Waals surface area (Å²) in [5.41, 5.74) is 2.35. The van der Waals surface area contributed by atoms with E-state index in [0.29, 0.717) is 33.5 Å². The first-order chi connectivity index (χ1) is 18.1. The lowest BCUT2D eigenvalue weighted by atomic mass is 9.88. The van der Waals surface area contributed by atoms with Crippen LogP contribution < -0.4 is 15.0 Å². The van der Waals surface area contributed by atoms with Gasteiger partial charge in [-0.1, -0.05) is 61.7 Å². The van der Waals surface area contributed by atoms with Crippen LogP contribution in [0.4, 0.5) is 0 Å². The summed E-state index contributed by atoms with van der Waals surface area (Å²) in [4.78, 5) is 18.4. The summed E-state index contributed by atoms with van der Waals surface area (Å²) in [7, 11) is 1.60. The van der Waals surface area contributed by atoms with E-state index in [2.05, 4.69) is 37.0 Å². The Balaban J connectivity index is 1.53. The summed E-state index contributed by atoms with van der Waals surface area (Å²) >= 11 is 7.32. The molecule has 8 heteroatoms. The molecule has 0 spiro atoms. The van der Waals surface area contributed by atoms with Crippen molar-refractivity contribution < 1.29 is 9.47 Å². The second kappa shape index (κ2) is 11.6. The summed E-state index contributed by atoms with van der Waals surface area (Å²) in [6, 6.07) is 19.3. The van der Waals surface area contributed by atoms with Crippen molar-refractivity contribution in [3.8, 4) is 11.5 Å². The Hall–Kier alpha value is -2.97. The van der Waals surface area contributed by atoms with Gasteiger partial charge in [-0.05, 0) is 68.5 Å². The molecule has 1 aliphatic rings. The van der Waals surface area contributed by atoms with Gasteiger partial charge in [-0.25, -0.2) is 4.98 Å². The third kappa shape index (κ3) is 5.50. The smallest absolute Gasteiger partial charge is 0.282 e. The first kappa shape index (κ1) is 25.7. The van der Waals surface area contributed by atoms with Gasteiger partial charge in [0.05, 0.1) is 28.7 Å². The van der Waals surface area contributed by atoms with Crippen molar-refractivity contribution in [3.63, 3.8) is 0 Å². The molecule has 6 nitrogen and oxygen atoms in total. The molecule has 1 aromatic heterocycles. The molecule has 190 valence electrons. The van der Waals surface area contributed by atoms with Crippen LogP contribution in [0.2, 0.25) is 0 Å². The van der Waals surface area contributed by atoms with E-state index in [-0.39, 0.29) is 11.5 Å². The zero-order valence-electron chi connectivity index (χ0n) is 20.5. The van der Waals surface area contributed by atoms with E-state index in [0.717, 1.165) is 47.1 Å². The topological polar surface area (TPSA) is 65.7 Å². The lowest BCUT2D eigenvalue weighted by Gasteiger charge is -2.22. The molecule has 0 aliphatic heterocycles. The monoisotopic (exact) mass is 623 g/mol. The number of para-hydroxylation sites is 1. The van der Waals surface area contributed by atoms with Gasteiger partial charge in [-0.2, -0.15) is 9.78 Å². The van der Waals surface area contributed by atoms with E-state index in [9.17, 15) is 4.79 Å². The molecule has 1 heterocycles. The highest BCUT2D eigenvalue weighted by Crippen LogP contribution is 2.42. The van der Waals surface area contributed by atoms with Crippen LogP contribution in [0.1, 0.15) is 55.0 Å². The molecule has 0 bridgehead atoms. The third-order valence-corrected chi connectivity index (χ3v) is 8.81. The minimum atomic E-state index is -0.160. The molecule has 0 unspecified atom stereocenters. The van der Waals surface area contributed by atoms with Gasteiger partial charge in [0.25, 0.3) is 5.56 Å². The number of aromatic nitrogens is 2. The number of hydrogen-bond donors (Lipinski definition) is 0. The molecule has 0 atom stereocenters. The van der Waals surface area contributed by atoms with Gasteiger partial charge in [0.2, 0.25) is 0 Å². The molecule has 3 aromatic carbocycles. The maximum absolute atomic E-state index is 13.5. The first-order valence-electron chi connectivity index (χ1n) is 12.4. The Morgan fingerprint density at radius 1 is 1.03 bits per heavy atom. The highest BCUT2D eigenvalue weighted by Gasteiger charge is 2.23. The van der Waals surface area contributed by atoms with Crippen LogP contribution >= 0.6 is 31.9 Å². The summed E-state index contributed by atoms with van der Waals surface area (Å²) in [5.74, 6) is 2.08. The molecule has 0 amide bonds. The Bertz CT molecular complexity index is 1500. The van der Waals surface area contributed by atoms with Crippen molar-refractivity contribution in [1.29, 1.82) is 0 Å². The summed E-state index contributed by atoms with van der Waals surface area (Å²) in [6.45, 7) is 0.401. The van der Waals surface area contributed by atoms with Gasteiger partial charge in [0.15, 0.2) is 11.5 Å². The number of halogens is 2. The van der Waals surface area contributed by atoms with Crippen LogP contribution in [-0.4, -0.2) is 23.0 Å². The van der Waals surface area contributed by atoms with Crippen molar-refractivity contribution in [2.24, 2.45) is 5.10 Å². The fourth-order valence-electron chi connectivity index (χ4n) is 4.71. The van der Waals surface area contributed by atoms with E-state index in [4.69, 9.17) is 14.5 Å². The minimum Gasteiger partial charge on any atom is -0.493 e. The largest absolute Gasteiger partial charge is 0.493 e. The van der Waals surface area contributed by atoms with Crippen molar-refractivity contribution in [3.05, 3.63) is 96.9 Å². The lowest BCUT2D eigenvalue weighted by Crippen LogP contribution is -2.25. The van der Waals surface area contributed by atoms with Gasteiger partial charge in [-0.3, -0.25) is 4.79 Å². The number of benzene rings is 3. The quantitative estimate of drug-likeness (QED) is 0.200. The van der Waals surface area contributed by atoms with E-state index < -0.39 is 0 Å². The van der Waals surface area contributed by atoms with Crippen LogP contribution in [-0.2, 0) is 6.61 Å². The Kier molecular flexibility index (Phi) is 8.05. The number of nitrogens with zero attached hydrogens (tertiary/aromatic N) is 3. The highest BCUT2D eigenvalue weighted by molar-refractivity contribution is 9.13. The normalized spacial score (nSPS) is 14.4. The number of ether oxygens (including phenoxy) is 2. The van der Waals surface area contributed by atoms with Gasteiger partial charge in [0, 0.05) is 16.0 Å². The van der Waals surface area contributed by atoms with Crippen LogP contribution in [0.3, 0.4) is 0 Å². The predicted octanol–water partition coefficient (Wildman–Crippen LogP) is 7.44. The molecular weight excluding hydrogens is 598 g/mol. The van der Waals surface area contributed by atoms with Crippen molar-refractivity contribution >= 4 is 49.0 Å². The average Bonchev–Trinajstić information content (AvgIpc) is 2.95. The first-order valence-corrected chi connectivity index (χ1v) is 13.9. The molecule has 1 fully saturated rings. The van der Waals surface area contributed by atoms with E-state index in [1.54, 1.807) is 19.4 Å². The lowest BCUT2D eigenvalue weighted by molar-refractivity contribution is 0.282. The molecule has 1 aliphatic carbocycles. The molecule has 1 saturated carbocycles. The fraction of sp³-hybridized carbons (Fsp3) is 0.276. The maximum Gasteiger partial charge on any atom is 0.282 e. The van der Waals surface area contributed by atoms with E-state index in [1.165, 1.54) is 11.1 Å². The molecule has 37 heavy (non-hydrogen) atoms. The molecular formula is C29H27Br2N3O3. The number of fused-ring (bicyclic) bond motifs is 1. The van der Waals surface area contributed by atoms with E-state index >= 15 is 0 Å². The second-order valence-electron chi connectivity index (χ2n) is 9.08. The highest BCUT2D eigenvalue weighted by atomic mass is 79.9. The average molecular weight is 625 g/mol. The summed E-state index contributed by atoms with van der Waals surface area (Å²) in [5, 5.41) is 5.23. The molecule has 0 N–H and O–H groups in total. The Morgan fingerprint density at radius 2 is 1.76 bits per heavy atom. The minimum absolute atomic E-state index is 0.160. The van der Waals surface area contributed by atoms with Crippen molar-refractivity contribution in [2.45, 2.75) is 44.6 Å². The van der Waals surface area contributed by atoms with Crippen molar-refractivity contribution in [2.75, 3.05) is 7.11 Å². The Morgan fingerprint density at radius 3 is 2.51 bits per heavy atom. The van der Waals surface area contributed by atoms with Crippen LogP contribution in [0.5, 0.6) is 11.5 Å². The summed E-state index contributed by atoms with van der Waals surface area (Å²) < 4.78 is 14.7. The summed E-state index contributed by atoms with van der Waals surface area (Å²) in [6.07, 6.45) is 7.18. The molecule has 5 rings (SSSR count). The maximum atomic E-state index is 13.5. The number of hydrogen-bond acceptors (Lipinski definition) is 5. The van der Waals surface area contributed by atoms with Crippen LogP contribution in [0.25, 0.3) is 10.9 Å². The SMILES string of the molecule is COc1cc(C=Nn2c(C3CCCCC3)nc3ccccc3c2=O)c(Br)c(Br)c1OCc1ccccc1. The third-order valence-electron chi connectivity index (χ3n) is 6.66. The number of methoxy groups -OCH3 is 1. The zero-order valence-corrected chi connectivity index (χ0v) is 23.7. The van der Waals surface area contributed by atoms with Gasteiger partial charge in [-0.15, -0.1) is 0 Å². The standard InChI is InChI=1S/C29H27Br2N3O3/c1-36-24-16-21(25(30)26(31)27(24)37-18-19-10-4-2-5-11-19)17-32-34-28(20-12-6-3-7-13-20)33-23-15-9-8-14-22(23)29(34)35/h2,4-5,8-11,14-17,20H,3,6-7,12-13,18H2,1H3. The Labute approximate surface area is 232 Å². The van der Waals surface area contributed by atoms with Crippen LogP contribution in [0.15, 0.2) is 79.5 Å². The van der Waals surface area contributed by atoms with E-state index in [1.807, 2.05) is 54.6 Å². The molecule has 0 radical (unpaired) electrons. The second-order valence-corrected chi connectivity index (χ2v) is 10.7.